The standard InChI is InChI=1S/C23H30N4O2/c1-15-11-18(12-21(24-15)28-5)13-23(4)9-6-10-27(14-23)16(2)19-7-8-20-22(26-19)25-17(3)29-20/h7-8,11-12,16H,6,9-10,13-14H2,1-5H3/t16-,23+/m0/s1. The highest BCUT2D eigenvalue weighted by atomic mass is 16.5. The second-order valence-electron chi connectivity index (χ2n) is 8.69. The Morgan fingerprint density at radius 3 is 2.83 bits per heavy atom. The third-order valence-electron chi connectivity index (χ3n) is 6.00. The molecule has 3 aromatic heterocycles. The van der Waals surface area contributed by atoms with E-state index in [2.05, 4.69) is 46.9 Å². The molecular weight excluding hydrogens is 364 g/mol. The van der Waals surface area contributed by atoms with Crippen LogP contribution in [0.3, 0.4) is 0 Å². The van der Waals surface area contributed by atoms with Gasteiger partial charge >= 0.3 is 0 Å². The minimum Gasteiger partial charge on any atom is -0.481 e. The maximum atomic E-state index is 5.57. The first kappa shape index (κ1) is 19.8. The second kappa shape index (κ2) is 7.75. The van der Waals surface area contributed by atoms with Gasteiger partial charge in [-0.1, -0.05) is 6.92 Å². The Hall–Kier alpha value is -2.47. The lowest BCUT2D eigenvalue weighted by molar-refractivity contribution is 0.0711. The topological polar surface area (TPSA) is 64.3 Å². The third-order valence-corrected chi connectivity index (χ3v) is 6.00. The number of rotatable bonds is 5. The van der Waals surface area contributed by atoms with Crippen molar-refractivity contribution in [3.63, 3.8) is 0 Å². The van der Waals surface area contributed by atoms with Crippen molar-refractivity contribution in [3.05, 3.63) is 47.1 Å². The number of methoxy groups -OCH3 is 1. The van der Waals surface area contributed by atoms with Gasteiger partial charge in [-0.3, -0.25) is 4.90 Å². The molecule has 1 aliphatic heterocycles. The van der Waals surface area contributed by atoms with Gasteiger partial charge < -0.3 is 9.15 Å². The van der Waals surface area contributed by atoms with E-state index in [1.54, 1.807) is 7.11 Å². The molecule has 0 aromatic carbocycles. The second-order valence-corrected chi connectivity index (χ2v) is 8.69. The summed E-state index contributed by atoms with van der Waals surface area (Å²) in [6, 6.07) is 8.55. The smallest absolute Gasteiger partial charge is 0.213 e. The third kappa shape index (κ3) is 4.27. The van der Waals surface area contributed by atoms with Crippen molar-refractivity contribution in [2.75, 3.05) is 20.2 Å². The number of oxazole rings is 1. The molecule has 0 bridgehead atoms. The fourth-order valence-corrected chi connectivity index (χ4v) is 4.60. The summed E-state index contributed by atoms with van der Waals surface area (Å²) >= 11 is 0. The van der Waals surface area contributed by atoms with Gasteiger partial charge in [0.05, 0.1) is 12.8 Å². The molecule has 3 aromatic rings. The molecule has 0 spiro atoms. The van der Waals surface area contributed by atoms with E-state index in [-0.39, 0.29) is 11.5 Å². The average Bonchev–Trinajstić information content (AvgIpc) is 3.05. The van der Waals surface area contributed by atoms with Gasteiger partial charge in [0.2, 0.25) is 5.88 Å². The number of likely N-dealkylation sites (tertiary alicyclic amines) is 1. The highest BCUT2D eigenvalue weighted by molar-refractivity contribution is 5.67. The van der Waals surface area contributed by atoms with E-state index >= 15 is 0 Å². The van der Waals surface area contributed by atoms with E-state index in [1.807, 2.05) is 19.9 Å². The fraction of sp³-hybridized carbons (Fsp3) is 0.522. The fourth-order valence-electron chi connectivity index (χ4n) is 4.60. The highest BCUT2D eigenvalue weighted by Gasteiger charge is 2.34. The van der Waals surface area contributed by atoms with E-state index in [4.69, 9.17) is 14.1 Å². The van der Waals surface area contributed by atoms with E-state index in [0.29, 0.717) is 17.4 Å². The van der Waals surface area contributed by atoms with Crippen LogP contribution in [0.5, 0.6) is 5.88 Å². The van der Waals surface area contributed by atoms with E-state index in [1.165, 1.54) is 18.4 Å². The zero-order chi connectivity index (χ0) is 20.6. The van der Waals surface area contributed by atoms with Crippen LogP contribution >= 0.6 is 0 Å². The molecule has 0 unspecified atom stereocenters. The first-order valence-electron chi connectivity index (χ1n) is 10.3. The predicted molar refractivity (Wildman–Crippen MR) is 113 cm³/mol. The zero-order valence-corrected chi connectivity index (χ0v) is 18.0. The minimum absolute atomic E-state index is 0.208. The summed E-state index contributed by atoms with van der Waals surface area (Å²) < 4.78 is 10.9. The monoisotopic (exact) mass is 394 g/mol. The molecule has 6 nitrogen and oxygen atoms in total. The minimum atomic E-state index is 0.208. The van der Waals surface area contributed by atoms with Crippen LogP contribution in [-0.2, 0) is 6.42 Å². The normalized spacial score (nSPS) is 21.4. The van der Waals surface area contributed by atoms with Crippen LogP contribution in [0.2, 0.25) is 0 Å². The van der Waals surface area contributed by atoms with Gasteiger partial charge in [-0.25, -0.2) is 9.97 Å². The molecular formula is C23H30N4O2. The van der Waals surface area contributed by atoms with Crippen LogP contribution in [0, 0.1) is 19.3 Å². The highest BCUT2D eigenvalue weighted by Crippen LogP contribution is 2.37. The maximum Gasteiger partial charge on any atom is 0.213 e. The van der Waals surface area contributed by atoms with Gasteiger partial charge in [0, 0.05) is 31.3 Å². The van der Waals surface area contributed by atoms with Crippen LogP contribution in [0.4, 0.5) is 0 Å². The lowest BCUT2D eigenvalue weighted by Crippen LogP contribution is -2.44. The maximum absolute atomic E-state index is 5.57. The molecule has 1 aliphatic rings. The Labute approximate surface area is 172 Å². The number of nitrogens with zero attached hydrogens (tertiary/aromatic N) is 4. The SMILES string of the molecule is COc1cc(C[C@@]2(C)CCCN([C@@H](C)c3ccc4oc(C)nc4n3)C2)cc(C)n1. The van der Waals surface area contributed by atoms with Crippen molar-refractivity contribution in [2.45, 2.75) is 53.0 Å². The average molecular weight is 395 g/mol. The molecule has 0 N–H and O–H groups in total. The number of aromatic nitrogens is 3. The summed E-state index contributed by atoms with van der Waals surface area (Å²) in [5, 5.41) is 0. The molecule has 29 heavy (non-hydrogen) atoms. The van der Waals surface area contributed by atoms with Crippen molar-refractivity contribution < 1.29 is 9.15 Å². The molecule has 2 atom stereocenters. The predicted octanol–water partition coefficient (Wildman–Crippen LogP) is 4.65. The number of piperidine rings is 1. The Bertz CT molecular complexity index is 1020. The van der Waals surface area contributed by atoms with Gasteiger partial charge in [-0.15, -0.1) is 0 Å². The molecule has 0 amide bonds. The largest absolute Gasteiger partial charge is 0.481 e. The quantitative estimate of drug-likeness (QED) is 0.628. The van der Waals surface area contributed by atoms with Gasteiger partial charge in [-0.05, 0) is 68.8 Å². The van der Waals surface area contributed by atoms with E-state index in [9.17, 15) is 0 Å². The van der Waals surface area contributed by atoms with Crippen molar-refractivity contribution in [2.24, 2.45) is 5.41 Å². The van der Waals surface area contributed by atoms with Gasteiger partial charge in [0.15, 0.2) is 17.1 Å². The number of ether oxygens (including phenoxy) is 1. The lowest BCUT2D eigenvalue weighted by atomic mass is 9.76. The van der Waals surface area contributed by atoms with Crippen molar-refractivity contribution in [3.8, 4) is 5.88 Å². The van der Waals surface area contributed by atoms with Crippen LogP contribution in [0.1, 0.15) is 55.6 Å². The first-order chi connectivity index (χ1) is 13.8. The lowest BCUT2D eigenvalue weighted by Gasteiger charge is -2.43. The van der Waals surface area contributed by atoms with Crippen LogP contribution in [0.25, 0.3) is 11.2 Å². The van der Waals surface area contributed by atoms with Crippen LogP contribution in [-0.4, -0.2) is 40.1 Å². The summed E-state index contributed by atoms with van der Waals surface area (Å²) in [6.07, 6.45) is 3.42. The number of aryl methyl sites for hydroxylation is 2. The van der Waals surface area contributed by atoms with Crippen molar-refractivity contribution in [1.82, 2.24) is 19.9 Å². The Morgan fingerprint density at radius 2 is 2.03 bits per heavy atom. The van der Waals surface area contributed by atoms with Crippen LogP contribution < -0.4 is 4.74 Å². The van der Waals surface area contributed by atoms with Crippen LogP contribution in [0.15, 0.2) is 28.7 Å². The summed E-state index contributed by atoms with van der Waals surface area (Å²) in [5.74, 6) is 1.36. The van der Waals surface area contributed by atoms with Gasteiger partial charge in [0.25, 0.3) is 0 Å². The summed E-state index contributed by atoms with van der Waals surface area (Å²) in [4.78, 5) is 16.1. The first-order valence-corrected chi connectivity index (χ1v) is 10.3. The van der Waals surface area contributed by atoms with Crippen molar-refractivity contribution >= 4 is 11.2 Å². The molecule has 1 saturated heterocycles. The van der Waals surface area contributed by atoms with E-state index < -0.39 is 0 Å². The Morgan fingerprint density at radius 1 is 1.21 bits per heavy atom. The van der Waals surface area contributed by atoms with Gasteiger partial charge in [-0.2, -0.15) is 4.98 Å². The summed E-state index contributed by atoms with van der Waals surface area (Å²) in [6.45, 7) is 10.6. The molecule has 4 heterocycles. The molecule has 0 saturated carbocycles. The van der Waals surface area contributed by atoms with Gasteiger partial charge in [0.1, 0.15) is 0 Å². The summed E-state index contributed by atoms with van der Waals surface area (Å²) in [5.41, 5.74) is 5.01. The molecule has 154 valence electrons. The number of hydrogen-bond acceptors (Lipinski definition) is 6. The molecule has 6 heteroatoms. The number of pyridine rings is 2. The zero-order valence-electron chi connectivity index (χ0n) is 18.0. The Kier molecular flexibility index (Phi) is 5.30. The Balaban J connectivity index is 1.52. The number of hydrogen-bond donors (Lipinski definition) is 0. The van der Waals surface area contributed by atoms with E-state index in [0.717, 1.165) is 36.5 Å². The number of fused-ring (bicyclic) bond motifs is 1. The summed E-state index contributed by atoms with van der Waals surface area (Å²) in [7, 11) is 1.68. The molecule has 4 rings (SSSR count). The van der Waals surface area contributed by atoms with Crippen molar-refractivity contribution in [1.29, 1.82) is 0 Å². The molecule has 0 radical (unpaired) electrons. The molecule has 1 fully saturated rings. The molecule has 0 aliphatic carbocycles.